The molecule has 0 saturated heterocycles. The molecular formula is C23H26N2O2S. The van der Waals surface area contributed by atoms with Gasteiger partial charge in [0.1, 0.15) is 22.2 Å². The monoisotopic (exact) mass is 394 g/mol. The Balaban J connectivity index is 1.62. The number of hydrogen-bond acceptors (Lipinski definition) is 4. The molecule has 0 atom stereocenters. The van der Waals surface area contributed by atoms with Crippen molar-refractivity contribution in [2.75, 3.05) is 5.32 Å². The van der Waals surface area contributed by atoms with Crippen LogP contribution in [0.2, 0.25) is 0 Å². The number of aromatic nitrogens is 1. The van der Waals surface area contributed by atoms with Gasteiger partial charge in [-0.05, 0) is 54.7 Å². The molecule has 0 saturated carbocycles. The van der Waals surface area contributed by atoms with Gasteiger partial charge in [0, 0.05) is 5.69 Å². The molecule has 3 rings (SSSR count). The molecule has 146 valence electrons. The van der Waals surface area contributed by atoms with Crippen LogP contribution in [0.4, 0.5) is 5.69 Å². The minimum atomic E-state index is -0.133. The van der Waals surface area contributed by atoms with E-state index in [-0.39, 0.29) is 5.91 Å². The number of carbonyl (C=O) groups excluding carboxylic acids is 1. The zero-order valence-corrected chi connectivity index (χ0v) is 17.6. The number of rotatable bonds is 7. The number of ether oxygens (including phenoxy) is 1. The minimum Gasteiger partial charge on any atom is -0.486 e. The minimum absolute atomic E-state index is 0.133. The van der Waals surface area contributed by atoms with E-state index in [1.165, 1.54) is 22.5 Å². The summed E-state index contributed by atoms with van der Waals surface area (Å²) in [4.78, 5) is 17.7. The number of carbonyl (C=O) groups is 1. The number of benzene rings is 2. The normalized spacial score (nSPS) is 10.9. The van der Waals surface area contributed by atoms with Gasteiger partial charge in [0.15, 0.2) is 0 Å². The highest BCUT2D eigenvalue weighted by molar-refractivity contribution is 7.13. The maximum Gasteiger partial charge on any atom is 0.267 e. The molecule has 0 aliphatic rings. The van der Waals surface area contributed by atoms with Crippen molar-refractivity contribution in [2.45, 2.75) is 46.6 Å². The Bertz CT molecular complexity index is 928. The van der Waals surface area contributed by atoms with Crippen molar-refractivity contribution in [1.82, 2.24) is 4.98 Å². The van der Waals surface area contributed by atoms with E-state index in [4.69, 9.17) is 4.74 Å². The van der Waals surface area contributed by atoms with E-state index >= 15 is 0 Å². The molecule has 0 aliphatic carbocycles. The van der Waals surface area contributed by atoms with Crippen molar-refractivity contribution in [1.29, 1.82) is 0 Å². The van der Waals surface area contributed by atoms with Crippen LogP contribution in [0.3, 0.4) is 0 Å². The summed E-state index contributed by atoms with van der Waals surface area (Å²) in [7, 11) is 0. The smallest absolute Gasteiger partial charge is 0.267 e. The summed E-state index contributed by atoms with van der Waals surface area (Å²) in [5, 5.41) is 3.74. The van der Waals surface area contributed by atoms with E-state index in [0.29, 0.717) is 17.4 Å². The molecule has 0 fully saturated rings. The second-order valence-electron chi connectivity index (χ2n) is 7.04. The number of hydrogen-bond donors (Lipinski definition) is 1. The molecule has 2 aromatic carbocycles. The van der Waals surface area contributed by atoms with E-state index in [1.807, 2.05) is 43.3 Å². The average molecular weight is 395 g/mol. The molecule has 0 aliphatic heterocycles. The lowest BCUT2D eigenvalue weighted by Crippen LogP contribution is -2.11. The van der Waals surface area contributed by atoms with E-state index in [9.17, 15) is 4.79 Å². The number of amides is 1. The molecule has 1 aromatic heterocycles. The van der Waals surface area contributed by atoms with Crippen LogP contribution in [0.25, 0.3) is 0 Å². The van der Waals surface area contributed by atoms with E-state index in [0.717, 1.165) is 28.6 Å². The van der Waals surface area contributed by atoms with Crippen molar-refractivity contribution in [2.24, 2.45) is 0 Å². The highest BCUT2D eigenvalue weighted by Crippen LogP contribution is 2.23. The molecule has 0 radical (unpaired) electrons. The summed E-state index contributed by atoms with van der Waals surface area (Å²) in [6, 6.07) is 16.0. The SMILES string of the molecule is CCc1ccc(OCc2nc(C)c(C(=O)Nc3ccc(C(C)C)cc3)s2)cc1. The lowest BCUT2D eigenvalue weighted by Gasteiger charge is -2.08. The molecule has 0 spiro atoms. The van der Waals surface area contributed by atoms with Gasteiger partial charge in [-0.2, -0.15) is 0 Å². The molecule has 28 heavy (non-hydrogen) atoms. The molecule has 1 amide bonds. The predicted octanol–water partition coefficient (Wildman–Crippen LogP) is 5.97. The molecule has 0 unspecified atom stereocenters. The van der Waals surface area contributed by atoms with Crippen molar-refractivity contribution in [3.8, 4) is 5.75 Å². The molecule has 4 nitrogen and oxygen atoms in total. The summed E-state index contributed by atoms with van der Waals surface area (Å²) < 4.78 is 5.81. The van der Waals surface area contributed by atoms with Crippen molar-refractivity contribution in [3.05, 3.63) is 75.2 Å². The fourth-order valence-corrected chi connectivity index (χ4v) is 3.70. The topological polar surface area (TPSA) is 51.2 Å². The Kier molecular flexibility index (Phi) is 6.47. The Morgan fingerprint density at radius 2 is 1.79 bits per heavy atom. The van der Waals surface area contributed by atoms with Crippen molar-refractivity contribution < 1.29 is 9.53 Å². The lowest BCUT2D eigenvalue weighted by atomic mass is 10.0. The maximum atomic E-state index is 12.6. The standard InChI is InChI=1S/C23H26N2O2S/c1-5-17-6-12-20(13-7-17)27-14-21-24-16(4)22(28-21)23(26)25-19-10-8-18(9-11-19)15(2)3/h6-13,15H,5,14H2,1-4H3,(H,25,26). The largest absolute Gasteiger partial charge is 0.486 e. The Morgan fingerprint density at radius 3 is 2.39 bits per heavy atom. The average Bonchev–Trinajstić information content (AvgIpc) is 3.08. The van der Waals surface area contributed by atoms with Crippen LogP contribution < -0.4 is 10.1 Å². The number of nitrogens with zero attached hydrogens (tertiary/aromatic N) is 1. The quantitative estimate of drug-likeness (QED) is 0.537. The van der Waals surface area contributed by atoms with Gasteiger partial charge < -0.3 is 10.1 Å². The van der Waals surface area contributed by atoms with Crippen LogP contribution in [0.5, 0.6) is 5.75 Å². The molecule has 5 heteroatoms. The summed E-state index contributed by atoms with van der Waals surface area (Å²) in [5.41, 5.74) is 4.04. The third kappa shape index (κ3) is 4.98. The van der Waals surface area contributed by atoms with Gasteiger partial charge in [0.05, 0.1) is 5.69 Å². The van der Waals surface area contributed by atoms with Crippen LogP contribution in [0.1, 0.15) is 58.2 Å². The zero-order chi connectivity index (χ0) is 20.1. The van der Waals surface area contributed by atoms with Gasteiger partial charge in [0.2, 0.25) is 0 Å². The number of anilines is 1. The highest BCUT2D eigenvalue weighted by atomic mass is 32.1. The first kappa shape index (κ1) is 20.1. The fraction of sp³-hybridized carbons (Fsp3) is 0.304. The van der Waals surface area contributed by atoms with Crippen LogP contribution >= 0.6 is 11.3 Å². The van der Waals surface area contributed by atoms with E-state index < -0.39 is 0 Å². The van der Waals surface area contributed by atoms with Crippen LogP contribution in [0, 0.1) is 6.92 Å². The van der Waals surface area contributed by atoms with Gasteiger partial charge in [-0.1, -0.05) is 45.0 Å². The first-order valence-electron chi connectivity index (χ1n) is 9.55. The highest BCUT2D eigenvalue weighted by Gasteiger charge is 2.16. The number of thiazole rings is 1. The first-order valence-corrected chi connectivity index (χ1v) is 10.4. The fourth-order valence-electron chi connectivity index (χ4n) is 2.83. The zero-order valence-electron chi connectivity index (χ0n) is 16.8. The summed E-state index contributed by atoms with van der Waals surface area (Å²) in [6.45, 7) is 8.63. The third-order valence-corrected chi connectivity index (χ3v) is 5.71. The Hall–Kier alpha value is -2.66. The first-order chi connectivity index (χ1) is 13.5. The Labute approximate surface area is 170 Å². The summed E-state index contributed by atoms with van der Waals surface area (Å²) in [5.74, 6) is 1.14. The second-order valence-corrected chi connectivity index (χ2v) is 8.12. The molecule has 1 heterocycles. The van der Waals surface area contributed by atoms with Gasteiger partial charge in [-0.3, -0.25) is 4.79 Å². The molecule has 1 N–H and O–H groups in total. The van der Waals surface area contributed by atoms with Gasteiger partial charge in [0.25, 0.3) is 5.91 Å². The van der Waals surface area contributed by atoms with Gasteiger partial charge >= 0.3 is 0 Å². The van der Waals surface area contributed by atoms with Gasteiger partial charge in [-0.25, -0.2) is 4.98 Å². The maximum absolute atomic E-state index is 12.6. The third-order valence-electron chi connectivity index (χ3n) is 4.58. The van der Waals surface area contributed by atoms with Crippen LogP contribution in [0.15, 0.2) is 48.5 Å². The molecular weight excluding hydrogens is 368 g/mol. The van der Waals surface area contributed by atoms with Crippen LogP contribution in [-0.2, 0) is 13.0 Å². The second kappa shape index (κ2) is 9.02. The number of aryl methyl sites for hydroxylation is 2. The van der Waals surface area contributed by atoms with E-state index in [1.54, 1.807) is 0 Å². The predicted molar refractivity (Wildman–Crippen MR) is 115 cm³/mol. The van der Waals surface area contributed by atoms with Gasteiger partial charge in [-0.15, -0.1) is 11.3 Å². The Morgan fingerprint density at radius 1 is 1.11 bits per heavy atom. The molecule has 3 aromatic rings. The summed E-state index contributed by atoms with van der Waals surface area (Å²) in [6.07, 6.45) is 1.00. The van der Waals surface area contributed by atoms with Crippen LogP contribution in [-0.4, -0.2) is 10.9 Å². The summed E-state index contributed by atoms with van der Waals surface area (Å²) >= 11 is 1.37. The molecule has 0 bridgehead atoms. The van der Waals surface area contributed by atoms with Crippen molar-refractivity contribution in [3.63, 3.8) is 0 Å². The lowest BCUT2D eigenvalue weighted by molar-refractivity contribution is 0.103. The number of nitrogens with one attached hydrogen (secondary N) is 1. The van der Waals surface area contributed by atoms with E-state index in [2.05, 4.69) is 43.2 Å². The van der Waals surface area contributed by atoms with Crippen molar-refractivity contribution >= 4 is 22.9 Å².